The van der Waals surface area contributed by atoms with Crippen molar-refractivity contribution < 1.29 is 18.7 Å². The average Bonchev–Trinajstić information content (AvgIpc) is 3.03. The Morgan fingerprint density at radius 2 is 2.08 bits per heavy atom. The van der Waals surface area contributed by atoms with Crippen LogP contribution in [0.2, 0.25) is 0 Å². The monoisotopic (exact) mass is 352 g/mol. The third kappa shape index (κ3) is 3.31. The van der Waals surface area contributed by atoms with Crippen LogP contribution in [0.15, 0.2) is 35.4 Å². The Kier molecular flexibility index (Phi) is 4.62. The molecule has 1 aromatic carbocycles. The molecule has 2 aromatic rings. The van der Waals surface area contributed by atoms with Gasteiger partial charge in [0.15, 0.2) is 0 Å². The molecule has 1 heterocycles. The molecule has 0 aliphatic heterocycles. The van der Waals surface area contributed by atoms with Crippen molar-refractivity contribution in [1.82, 2.24) is 10.2 Å². The van der Waals surface area contributed by atoms with Gasteiger partial charge in [-0.3, -0.25) is 9.89 Å². The second-order valence-electron chi connectivity index (χ2n) is 6.06. The SMILES string of the molecule is CSc1ccc(-c2c[nH]nc2C2CCC(F)(F)CC2C(=O)O)cc1. The molecule has 2 unspecified atom stereocenters. The van der Waals surface area contributed by atoms with Crippen LogP contribution in [-0.2, 0) is 4.79 Å². The van der Waals surface area contributed by atoms with Gasteiger partial charge in [-0.2, -0.15) is 5.10 Å². The van der Waals surface area contributed by atoms with Crippen LogP contribution in [0.1, 0.15) is 30.9 Å². The summed E-state index contributed by atoms with van der Waals surface area (Å²) in [7, 11) is 0. The van der Waals surface area contributed by atoms with E-state index in [0.717, 1.165) is 16.0 Å². The van der Waals surface area contributed by atoms with Crippen molar-refractivity contribution >= 4 is 17.7 Å². The van der Waals surface area contributed by atoms with Gasteiger partial charge in [0.05, 0.1) is 11.6 Å². The van der Waals surface area contributed by atoms with Crippen LogP contribution < -0.4 is 0 Å². The van der Waals surface area contributed by atoms with E-state index in [1.54, 1.807) is 18.0 Å². The number of aliphatic carboxylic acids is 1. The predicted octanol–water partition coefficient (Wildman–Crippen LogP) is 4.40. The second kappa shape index (κ2) is 6.55. The quantitative estimate of drug-likeness (QED) is 0.800. The van der Waals surface area contributed by atoms with Crippen molar-refractivity contribution in [2.24, 2.45) is 5.92 Å². The van der Waals surface area contributed by atoms with Crippen LogP contribution in [0.5, 0.6) is 0 Å². The number of benzene rings is 1. The van der Waals surface area contributed by atoms with Gasteiger partial charge in [0.25, 0.3) is 0 Å². The van der Waals surface area contributed by atoms with Crippen LogP contribution in [-0.4, -0.2) is 33.5 Å². The van der Waals surface area contributed by atoms with Crippen LogP contribution in [0, 0.1) is 5.92 Å². The first-order valence-corrected chi connectivity index (χ1v) is 8.92. The molecule has 7 heteroatoms. The zero-order chi connectivity index (χ0) is 17.3. The Labute approximate surface area is 142 Å². The van der Waals surface area contributed by atoms with Gasteiger partial charge in [0.1, 0.15) is 0 Å². The number of H-pyrrole nitrogens is 1. The topological polar surface area (TPSA) is 66.0 Å². The summed E-state index contributed by atoms with van der Waals surface area (Å²) in [5.74, 6) is -5.74. The summed E-state index contributed by atoms with van der Waals surface area (Å²) >= 11 is 1.63. The summed E-state index contributed by atoms with van der Waals surface area (Å²) in [4.78, 5) is 12.6. The third-order valence-corrected chi connectivity index (χ3v) is 5.31. The van der Waals surface area contributed by atoms with E-state index in [4.69, 9.17) is 0 Å². The Hall–Kier alpha value is -1.89. The Balaban J connectivity index is 1.95. The van der Waals surface area contributed by atoms with Crippen molar-refractivity contribution in [3.8, 4) is 11.1 Å². The van der Waals surface area contributed by atoms with E-state index in [9.17, 15) is 18.7 Å². The lowest BCUT2D eigenvalue weighted by atomic mass is 9.74. The Morgan fingerprint density at radius 1 is 1.38 bits per heavy atom. The molecule has 0 spiro atoms. The van der Waals surface area contributed by atoms with Crippen molar-refractivity contribution in [2.45, 2.75) is 36.0 Å². The van der Waals surface area contributed by atoms with Gasteiger partial charge in [0, 0.05) is 35.4 Å². The van der Waals surface area contributed by atoms with E-state index >= 15 is 0 Å². The molecule has 1 saturated carbocycles. The van der Waals surface area contributed by atoms with E-state index in [1.807, 2.05) is 30.5 Å². The lowest BCUT2D eigenvalue weighted by molar-refractivity contribution is -0.150. The van der Waals surface area contributed by atoms with E-state index in [1.165, 1.54) is 0 Å². The molecule has 1 fully saturated rings. The molecule has 1 aliphatic carbocycles. The Morgan fingerprint density at radius 3 is 2.71 bits per heavy atom. The highest BCUT2D eigenvalue weighted by Crippen LogP contribution is 2.46. The summed E-state index contributed by atoms with van der Waals surface area (Å²) in [6.45, 7) is 0. The van der Waals surface area contributed by atoms with Crippen LogP contribution in [0.4, 0.5) is 8.78 Å². The molecule has 0 radical (unpaired) electrons. The number of nitrogens with one attached hydrogen (secondary N) is 1. The van der Waals surface area contributed by atoms with E-state index < -0.39 is 30.1 Å². The number of carbonyl (C=O) groups is 1. The van der Waals surface area contributed by atoms with Gasteiger partial charge >= 0.3 is 5.97 Å². The number of rotatable bonds is 4. The zero-order valence-electron chi connectivity index (χ0n) is 13.1. The first-order valence-electron chi connectivity index (χ1n) is 7.70. The van der Waals surface area contributed by atoms with Crippen molar-refractivity contribution in [3.63, 3.8) is 0 Å². The fourth-order valence-electron chi connectivity index (χ4n) is 3.31. The highest BCUT2D eigenvalue weighted by molar-refractivity contribution is 7.98. The van der Waals surface area contributed by atoms with Gasteiger partial charge in [0.2, 0.25) is 5.92 Å². The average molecular weight is 352 g/mol. The minimum absolute atomic E-state index is 0.116. The number of carboxylic acids is 1. The number of thioether (sulfide) groups is 1. The number of nitrogens with zero attached hydrogens (tertiary/aromatic N) is 1. The first-order chi connectivity index (χ1) is 11.4. The fraction of sp³-hybridized carbons (Fsp3) is 0.412. The number of carboxylic acid groups (broad SMARTS) is 1. The summed E-state index contributed by atoms with van der Waals surface area (Å²) in [6, 6.07) is 7.82. The van der Waals surface area contributed by atoms with Crippen molar-refractivity contribution in [2.75, 3.05) is 6.26 Å². The molecule has 4 nitrogen and oxygen atoms in total. The molecule has 2 N–H and O–H groups in total. The fourth-order valence-corrected chi connectivity index (χ4v) is 3.71. The first kappa shape index (κ1) is 17.0. The maximum absolute atomic E-state index is 13.6. The molecule has 24 heavy (non-hydrogen) atoms. The van der Waals surface area contributed by atoms with Gasteiger partial charge in [-0.15, -0.1) is 11.8 Å². The number of aromatic nitrogens is 2. The molecule has 0 saturated heterocycles. The van der Waals surface area contributed by atoms with Crippen LogP contribution >= 0.6 is 11.8 Å². The Bertz CT molecular complexity index is 730. The standard InChI is InChI=1S/C17H18F2N2O2S/c1-24-11-4-2-10(3-5-11)14-9-20-21-15(14)12-6-7-17(18,19)8-13(12)16(22)23/h2-5,9,12-13H,6-8H2,1H3,(H,20,21)(H,22,23). The summed E-state index contributed by atoms with van der Waals surface area (Å²) in [5, 5.41) is 16.4. The molecular formula is C17H18F2N2O2S. The smallest absolute Gasteiger partial charge is 0.307 e. The van der Waals surface area contributed by atoms with Crippen LogP contribution in [0.3, 0.4) is 0 Å². The minimum atomic E-state index is -2.92. The molecule has 2 atom stereocenters. The lowest BCUT2D eigenvalue weighted by Crippen LogP contribution is -2.36. The zero-order valence-corrected chi connectivity index (χ0v) is 13.9. The second-order valence-corrected chi connectivity index (χ2v) is 6.94. The predicted molar refractivity (Wildman–Crippen MR) is 88.5 cm³/mol. The number of alkyl halides is 2. The maximum atomic E-state index is 13.6. The maximum Gasteiger partial charge on any atom is 0.307 e. The molecule has 128 valence electrons. The normalized spacial score (nSPS) is 23.1. The number of halogens is 2. The van der Waals surface area contributed by atoms with Gasteiger partial charge < -0.3 is 5.11 Å². The molecule has 1 aromatic heterocycles. The van der Waals surface area contributed by atoms with E-state index in [-0.39, 0.29) is 12.8 Å². The number of hydrogen-bond donors (Lipinski definition) is 2. The summed E-state index contributed by atoms with van der Waals surface area (Å²) < 4.78 is 27.3. The highest BCUT2D eigenvalue weighted by Gasteiger charge is 2.46. The largest absolute Gasteiger partial charge is 0.481 e. The minimum Gasteiger partial charge on any atom is -0.481 e. The molecule has 3 rings (SSSR count). The van der Waals surface area contributed by atoms with Gasteiger partial charge in [-0.05, 0) is 30.4 Å². The van der Waals surface area contributed by atoms with E-state index in [0.29, 0.717) is 5.69 Å². The molecule has 0 bridgehead atoms. The van der Waals surface area contributed by atoms with Crippen LogP contribution in [0.25, 0.3) is 11.1 Å². The molecule has 0 amide bonds. The summed E-state index contributed by atoms with van der Waals surface area (Å²) in [6.07, 6.45) is 2.86. The third-order valence-electron chi connectivity index (χ3n) is 4.56. The van der Waals surface area contributed by atoms with Crippen molar-refractivity contribution in [3.05, 3.63) is 36.2 Å². The number of aromatic amines is 1. The molecular weight excluding hydrogens is 334 g/mol. The van der Waals surface area contributed by atoms with E-state index in [2.05, 4.69) is 10.2 Å². The molecule has 1 aliphatic rings. The summed E-state index contributed by atoms with van der Waals surface area (Å²) in [5.41, 5.74) is 2.25. The van der Waals surface area contributed by atoms with Gasteiger partial charge in [-0.1, -0.05) is 12.1 Å². The highest BCUT2D eigenvalue weighted by atomic mass is 32.2. The van der Waals surface area contributed by atoms with Crippen molar-refractivity contribution in [1.29, 1.82) is 0 Å². The lowest BCUT2D eigenvalue weighted by Gasteiger charge is -2.33. The number of hydrogen-bond acceptors (Lipinski definition) is 3. The van der Waals surface area contributed by atoms with Gasteiger partial charge in [-0.25, -0.2) is 8.78 Å².